The average molecular weight is 402 g/mol. The van der Waals surface area contributed by atoms with Crippen LogP contribution in [0.15, 0.2) is 52.4 Å². The van der Waals surface area contributed by atoms with Crippen molar-refractivity contribution < 1.29 is 9.57 Å². The van der Waals surface area contributed by atoms with E-state index in [4.69, 9.17) is 21.2 Å². The van der Waals surface area contributed by atoms with Gasteiger partial charge in [0.05, 0.1) is 5.69 Å². The van der Waals surface area contributed by atoms with Gasteiger partial charge in [0.15, 0.2) is 0 Å². The molecule has 0 atom stereocenters. The number of nitrogens with zero attached hydrogens (tertiary/aromatic N) is 5. The van der Waals surface area contributed by atoms with Crippen LogP contribution in [-0.4, -0.2) is 25.7 Å². The molecule has 0 radical (unpaired) electrons. The third-order valence-corrected chi connectivity index (χ3v) is 4.35. The molecular formula is C19H20ClN5O3. The highest BCUT2D eigenvalue weighted by atomic mass is 35.5. The van der Waals surface area contributed by atoms with Gasteiger partial charge in [-0.15, -0.1) is 0 Å². The van der Waals surface area contributed by atoms with Gasteiger partial charge >= 0.3 is 5.69 Å². The van der Waals surface area contributed by atoms with Crippen LogP contribution in [0.5, 0.6) is 0 Å². The van der Waals surface area contributed by atoms with Gasteiger partial charge in [-0.05, 0) is 46.7 Å². The summed E-state index contributed by atoms with van der Waals surface area (Å²) in [6.07, 6.45) is 0. The van der Waals surface area contributed by atoms with Crippen molar-refractivity contribution in [3.8, 4) is 5.69 Å². The molecule has 0 fully saturated rings. The number of rotatable bonds is 6. The summed E-state index contributed by atoms with van der Waals surface area (Å²) >= 11 is 5.87. The molecule has 0 saturated heterocycles. The van der Waals surface area contributed by atoms with E-state index in [-0.39, 0.29) is 12.3 Å². The van der Waals surface area contributed by atoms with Gasteiger partial charge in [-0.1, -0.05) is 41.0 Å². The lowest BCUT2D eigenvalue weighted by atomic mass is 10.1. The van der Waals surface area contributed by atoms with Crippen LogP contribution in [-0.2, 0) is 29.8 Å². The number of oxime groups is 1. The molecule has 0 N–H and O–H groups in total. The van der Waals surface area contributed by atoms with Crippen LogP contribution in [0.2, 0.25) is 5.02 Å². The Morgan fingerprint density at radius 2 is 1.89 bits per heavy atom. The van der Waals surface area contributed by atoms with Crippen LogP contribution in [0.1, 0.15) is 23.6 Å². The highest BCUT2D eigenvalue weighted by Gasteiger charge is 2.13. The molecule has 0 unspecified atom stereocenters. The smallest absolute Gasteiger partial charge is 0.368 e. The molecule has 0 aliphatic heterocycles. The Morgan fingerprint density at radius 3 is 2.57 bits per heavy atom. The first-order chi connectivity index (χ1) is 13.5. The van der Waals surface area contributed by atoms with Crippen LogP contribution in [0.4, 0.5) is 0 Å². The quantitative estimate of drug-likeness (QED) is 0.360. The zero-order valence-corrected chi connectivity index (χ0v) is 16.6. The van der Waals surface area contributed by atoms with E-state index >= 15 is 0 Å². The number of ether oxygens (including phenoxy) is 1. The molecule has 0 aliphatic rings. The largest absolute Gasteiger partial charge is 0.474 e. The molecule has 28 heavy (non-hydrogen) atoms. The maximum absolute atomic E-state index is 12.2. The molecule has 0 saturated carbocycles. The van der Waals surface area contributed by atoms with Crippen molar-refractivity contribution in [2.75, 3.05) is 0 Å². The standard InChI is InChI=1S/C19H20ClN5O3/c1-13-5-4-6-18(25-19(26)24(3)22-23-25)17(13)12-28-21-14(2)27-11-15-7-9-16(20)10-8-15/h4-10H,11-12H2,1-3H3. The number of aromatic nitrogens is 4. The molecule has 3 aromatic rings. The number of tetrazole rings is 1. The number of benzene rings is 2. The molecule has 1 heterocycles. The van der Waals surface area contributed by atoms with Gasteiger partial charge in [0.1, 0.15) is 13.2 Å². The van der Waals surface area contributed by atoms with Gasteiger partial charge in [0.25, 0.3) is 0 Å². The summed E-state index contributed by atoms with van der Waals surface area (Å²) in [6.45, 7) is 4.16. The zero-order chi connectivity index (χ0) is 20.1. The summed E-state index contributed by atoms with van der Waals surface area (Å²) < 4.78 is 7.98. The van der Waals surface area contributed by atoms with Crippen molar-refractivity contribution in [2.24, 2.45) is 12.2 Å². The van der Waals surface area contributed by atoms with Crippen molar-refractivity contribution in [1.29, 1.82) is 0 Å². The maximum atomic E-state index is 12.2. The first kappa shape index (κ1) is 19.6. The fraction of sp³-hybridized carbons (Fsp3) is 0.263. The third kappa shape index (κ3) is 4.58. The van der Waals surface area contributed by atoms with E-state index in [0.29, 0.717) is 23.2 Å². The molecule has 1 aromatic heterocycles. The van der Waals surface area contributed by atoms with Crippen LogP contribution >= 0.6 is 11.6 Å². The molecule has 2 aromatic carbocycles. The zero-order valence-electron chi connectivity index (χ0n) is 15.8. The number of hydrogen-bond donors (Lipinski definition) is 0. The molecule has 0 spiro atoms. The Kier molecular flexibility index (Phi) is 6.10. The Hall–Kier alpha value is -3.13. The minimum absolute atomic E-state index is 0.159. The maximum Gasteiger partial charge on any atom is 0.368 e. The van der Waals surface area contributed by atoms with Crippen molar-refractivity contribution in [3.63, 3.8) is 0 Å². The van der Waals surface area contributed by atoms with E-state index in [1.165, 1.54) is 9.36 Å². The van der Waals surface area contributed by atoms with Crippen LogP contribution < -0.4 is 5.69 Å². The summed E-state index contributed by atoms with van der Waals surface area (Å²) in [5.41, 5.74) is 2.98. The predicted molar refractivity (Wildman–Crippen MR) is 105 cm³/mol. The van der Waals surface area contributed by atoms with Gasteiger partial charge in [-0.3, -0.25) is 0 Å². The van der Waals surface area contributed by atoms with Crippen molar-refractivity contribution in [1.82, 2.24) is 19.8 Å². The Labute approximate surface area is 166 Å². The highest BCUT2D eigenvalue weighted by molar-refractivity contribution is 6.30. The summed E-state index contributed by atoms with van der Waals surface area (Å²) in [4.78, 5) is 17.6. The molecule has 0 bridgehead atoms. The average Bonchev–Trinajstić information content (AvgIpc) is 3.01. The second-order valence-electron chi connectivity index (χ2n) is 6.17. The van der Waals surface area contributed by atoms with Gasteiger partial charge in [0, 0.05) is 24.6 Å². The molecule has 146 valence electrons. The number of halogens is 1. The van der Waals surface area contributed by atoms with Gasteiger partial charge in [-0.25, -0.2) is 4.79 Å². The molecule has 0 aliphatic carbocycles. The van der Waals surface area contributed by atoms with E-state index in [1.807, 2.05) is 31.2 Å². The molecule has 9 heteroatoms. The van der Waals surface area contributed by atoms with Crippen LogP contribution in [0.25, 0.3) is 5.69 Å². The van der Waals surface area contributed by atoms with E-state index in [0.717, 1.165) is 16.7 Å². The normalized spacial score (nSPS) is 11.5. The number of hydrogen-bond acceptors (Lipinski definition) is 6. The van der Waals surface area contributed by atoms with E-state index in [2.05, 4.69) is 15.6 Å². The fourth-order valence-corrected chi connectivity index (χ4v) is 2.65. The topological polar surface area (TPSA) is 83.5 Å². The van der Waals surface area contributed by atoms with Crippen LogP contribution in [0.3, 0.4) is 0 Å². The van der Waals surface area contributed by atoms with Crippen LogP contribution in [0, 0.1) is 6.92 Å². The third-order valence-electron chi connectivity index (χ3n) is 4.10. The summed E-state index contributed by atoms with van der Waals surface area (Å²) in [6, 6.07) is 12.9. The van der Waals surface area contributed by atoms with Crippen molar-refractivity contribution in [3.05, 3.63) is 74.7 Å². The molecule has 0 amide bonds. The SMILES string of the molecule is CC(=NOCc1c(C)cccc1-n1nnn(C)c1=O)OCc1ccc(Cl)cc1. The first-order valence-electron chi connectivity index (χ1n) is 8.57. The lowest BCUT2D eigenvalue weighted by Gasteiger charge is -2.11. The Balaban J connectivity index is 1.67. The summed E-state index contributed by atoms with van der Waals surface area (Å²) in [5.74, 6) is 0.391. The molecular weight excluding hydrogens is 382 g/mol. The molecule has 3 rings (SSSR count). The summed E-state index contributed by atoms with van der Waals surface area (Å²) in [7, 11) is 1.55. The number of aryl methyl sites for hydroxylation is 2. The van der Waals surface area contributed by atoms with E-state index in [9.17, 15) is 4.79 Å². The fourth-order valence-electron chi connectivity index (χ4n) is 2.52. The second-order valence-corrected chi connectivity index (χ2v) is 6.60. The monoisotopic (exact) mass is 401 g/mol. The Morgan fingerprint density at radius 1 is 1.14 bits per heavy atom. The highest BCUT2D eigenvalue weighted by Crippen LogP contribution is 2.18. The predicted octanol–water partition coefficient (Wildman–Crippen LogP) is 2.99. The minimum atomic E-state index is -0.335. The van der Waals surface area contributed by atoms with Gasteiger partial charge in [-0.2, -0.15) is 9.36 Å². The van der Waals surface area contributed by atoms with E-state index < -0.39 is 0 Å². The van der Waals surface area contributed by atoms with Crippen molar-refractivity contribution >= 4 is 17.5 Å². The van der Waals surface area contributed by atoms with Crippen molar-refractivity contribution in [2.45, 2.75) is 27.1 Å². The lowest BCUT2D eigenvalue weighted by molar-refractivity contribution is 0.117. The van der Waals surface area contributed by atoms with Gasteiger partial charge < -0.3 is 9.57 Å². The molecule has 8 nitrogen and oxygen atoms in total. The van der Waals surface area contributed by atoms with Gasteiger partial charge in [0.2, 0.25) is 5.90 Å². The summed E-state index contributed by atoms with van der Waals surface area (Å²) in [5, 5.41) is 12.3. The second kappa shape index (κ2) is 8.71. The van der Waals surface area contributed by atoms with E-state index in [1.54, 1.807) is 32.2 Å². The Bertz CT molecular complexity index is 1040. The lowest BCUT2D eigenvalue weighted by Crippen LogP contribution is -2.23. The first-order valence-corrected chi connectivity index (χ1v) is 8.95. The minimum Gasteiger partial charge on any atom is -0.474 e.